The van der Waals surface area contributed by atoms with E-state index < -0.39 is 0 Å². The molecular weight excluding hydrogens is 296 g/mol. The summed E-state index contributed by atoms with van der Waals surface area (Å²) in [5.41, 5.74) is 5.97. The van der Waals surface area contributed by atoms with E-state index in [4.69, 9.17) is 0 Å². The molecule has 2 aliphatic heterocycles. The number of hydrogen-bond donors (Lipinski definition) is 1. The van der Waals surface area contributed by atoms with Crippen LogP contribution in [0.3, 0.4) is 0 Å². The molecule has 1 N–H and O–H groups in total. The maximum Gasteiger partial charge on any atom is 0.0537 e. The molecule has 128 valence electrons. The molecule has 4 rings (SSSR count). The van der Waals surface area contributed by atoms with Gasteiger partial charge in [-0.3, -0.25) is 9.58 Å². The van der Waals surface area contributed by atoms with Crippen LogP contribution in [0.2, 0.25) is 0 Å². The van der Waals surface area contributed by atoms with Gasteiger partial charge in [0, 0.05) is 42.0 Å². The van der Waals surface area contributed by atoms with E-state index in [1.54, 1.807) is 0 Å². The second-order valence-electron chi connectivity index (χ2n) is 7.43. The number of aromatic nitrogens is 2. The van der Waals surface area contributed by atoms with Crippen molar-refractivity contribution in [2.24, 2.45) is 0 Å². The molecule has 2 aliphatic rings. The molecule has 24 heavy (non-hydrogen) atoms. The van der Waals surface area contributed by atoms with Crippen LogP contribution in [0.4, 0.5) is 5.69 Å². The Bertz CT molecular complexity index is 710. The first-order valence-electron chi connectivity index (χ1n) is 9.29. The number of piperidine rings is 1. The number of rotatable bonds is 4. The smallest absolute Gasteiger partial charge is 0.0537 e. The lowest BCUT2D eigenvalue weighted by Crippen LogP contribution is -2.43. The molecule has 1 aromatic heterocycles. The van der Waals surface area contributed by atoms with E-state index in [2.05, 4.69) is 64.3 Å². The highest BCUT2D eigenvalue weighted by Gasteiger charge is 2.41. The summed E-state index contributed by atoms with van der Waals surface area (Å²) in [4.78, 5) is 2.60. The zero-order valence-electron chi connectivity index (χ0n) is 14.9. The monoisotopic (exact) mass is 324 g/mol. The van der Waals surface area contributed by atoms with Crippen LogP contribution in [0.25, 0.3) is 0 Å². The number of nitrogens with zero attached hydrogens (tertiary/aromatic N) is 3. The molecule has 0 aliphatic carbocycles. The third-order valence-corrected chi connectivity index (χ3v) is 5.96. The van der Waals surface area contributed by atoms with E-state index in [9.17, 15) is 0 Å². The highest BCUT2D eigenvalue weighted by Crippen LogP contribution is 2.43. The molecule has 0 bridgehead atoms. The van der Waals surface area contributed by atoms with Crippen LogP contribution in [0.1, 0.15) is 43.0 Å². The van der Waals surface area contributed by atoms with Gasteiger partial charge in [-0.1, -0.05) is 25.1 Å². The minimum atomic E-state index is 0.356. The Morgan fingerprint density at radius 3 is 2.79 bits per heavy atom. The number of hydrogen-bond acceptors (Lipinski definition) is 3. The maximum absolute atomic E-state index is 4.55. The Kier molecular flexibility index (Phi) is 4.09. The minimum Gasteiger partial charge on any atom is -0.384 e. The van der Waals surface area contributed by atoms with E-state index in [1.165, 1.54) is 48.4 Å². The van der Waals surface area contributed by atoms with Crippen LogP contribution in [-0.4, -0.2) is 34.3 Å². The molecule has 2 aromatic rings. The van der Waals surface area contributed by atoms with Crippen molar-refractivity contribution in [3.8, 4) is 0 Å². The van der Waals surface area contributed by atoms with Crippen LogP contribution in [0.15, 0.2) is 30.5 Å². The SMILES string of the molecule is CCCn1ncc(CN2CCC3(CC2)CNc2ccccc23)c1C. The molecule has 1 saturated heterocycles. The number of para-hydroxylation sites is 1. The van der Waals surface area contributed by atoms with Crippen molar-refractivity contribution >= 4 is 5.69 Å². The van der Waals surface area contributed by atoms with Gasteiger partial charge in [0.25, 0.3) is 0 Å². The largest absolute Gasteiger partial charge is 0.384 e. The lowest BCUT2D eigenvalue weighted by atomic mass is 9.74. The fourth-order valence-corrected chi connectivity index (χ4v) is 4.36. The second-order valence-corrected chi connectivity index (χ2v) is 7.43. The van der Waals surface area contributed by atoms with Crippen LogP contribution in [0, 0.1) is 6.92 Å². The molecule has 0 atom stereocenters. The van der Waals surface area contributed by atoms with Crippen LogP contribution < -0.4 is 5.32 Å². The first-order valence-corrected chi connectivity index (χ1v) is 9.29. The van der Waals surface area contributed by atoms with Crippen molar-refractivity contribution in [1.82, 2.24) is 14.7 Å². The van der Waals surface area contributed by atoms with Crippen molar-refractivity contribution in [1.29, 1.82) is 0 Å². The predicted octanol–water partition coefficient (Wildman–Crippen LogP) is 3.56. The molecule has 0 radical (unpaired) electrons. The van der Waals surface area contributed by atoms with Crippen molar-refractivity contribution < 1.29 is 0 Å². The van der Waals surface area contributed by atoms with Gasteiger partial charge in [0.2, 0.25) is 0 Å². The van der Waals surface area contributed by atoms with E-state index in [0.29, 0.717) is 5.41 Å². The Balaban J connectivity index is 1.42. The van der Waals surface area contributed by atoms with Gasteiger partial charge in [-0.25, -0.2) is 0 Å². The zero-order valence-corrected chi connectivity index (χ0v) is 14.9. The van der Waals surface area contributed by atoms with Gasteiger partial charge < -0.3 is 5.32 Å². The van der Waals surface area contributed by atoms with Gasteiger partial charge in [0.1, 0.15) is 0 Å². The number of nitrogens with one attached hydrogen (secondary N) is 1. The number of likely N-dealkylation sites (tertiary alicyclic amines) is 1. The van der Waals surface area contributed by atoms with Crippen molar-refractivity contribution in [3.05, 3.63) is 47.3 Å². The van der Waals surface area contributed by atoms with E-state index in [0.717, 1.165) is 26.1 Å². The summed E-state index contributed by atoms with van der Waals surface area (Å²) in [5.74, 6) is 0. The fourth-order valence-electron chi connectivity index (χ4n) is 4.36. The molecule has 0 saturated carbocycles. The summed E-state index contributed by atoms with van der Waals surface area (Å²) in [6.45, 7) is 9.94. The summed E-state index contributed by atoms with van der Waals surface area (Å²) in [5, 5.41) is 8.17. The standard InChI is InChI=1S/C20H28N4/c1-3-10-24-16(2)17(13-22-24)14-23-11-8-20(9-12-23)15-21-19-7-5-4-6-18(19)20/h4-7,13,21H,3,8-12,14-15H2,1-2H3. The summed E-state index contributed by atoms with van der Waals surface area (Å²) in [6.07, 6.45) is 5.71. The van der Waals surface area contributed by atoms with Crippen molar-refractivity contribution in [3.63, 3.8) is 0 Å². The molecule has 0 amide bonds. The number of fused-ring (bicyclic) bond motifs is 2. The van der Waals surface area contributed by atoms with Gasteiger partial charge in [0.15, 0.2) is 0 Å². The first-order chi connectivity index (χ1) is 11.7. The average molecular weight is 324 g/mol. The van der Waals surface area contributed by atoms with Gasteiger partial charge in [-0.15, -0.1) is 0 Å². The van der Waals surface area contributed by atoms with Crippen LogP contribution >= 0.6 is 0 Å². The maximum atomic E-state index is 4.55. The quantitative estimate of drug-likeness (QED) is 0.933. The summed E-state index contributed by atoms with van der Waals surface area (Å²) in [6, 6.07) is 8.87. The molecule has 4 nitrogen and oxygen atoms in total. The number of aryl methyl sites for hydroxylation is 1. The Hall–Kier alpha value is -1.81. The lowest BCUT2D eigenvalue weighted by Gasteiger charge is -2.39. The van der Waals surface area contributed by atoms with Gasteiger partial charge in [-0.2, -0.15) is 5.10 Å². The van der Waals surface area contributed by atoms with E-state index >= 15 is 0 Å². The van der Waals surface area contributed by atoms with Gasteiger partial charge in [-0.05, 0) is 50.9 Å². The Morgan fingerprint density at radius 2 is 2.00 bits per heavy atom. The summed E-state index contributed by atoms with van der Waals surface area (Å²) >= 11 is 0. The number of anilines is 1. The highest BCUT2D eigenvalue weighted by molar-refractivity contribution is 5.60. The molecule has 1 aromatic carbocycles. The minimum absolute atomic E-state index is 0.356. The van der Waals surface area contributed by atoms with E-state index in [1.807, 2.05) is 0 Å². The molecule has 0 unspecified atom stereocenters. The van der Waals surface area contributed by atoms with Crippen molar-refractivity contribution in [2.75, 3.05) is 25.0 Å². The average Bonchev–Trinajstić information content (AvgIpc) is 3.14. The first kappa shape index (κ1) is 15.7. The molecule has 3 heterocycles. The number of benzene rings is 1. The molecular formula is C20H28N4. The third kappa shape index (κ3) is 2.63. The predicted molar refractivity (Wildman–Crippen MR) is 98.4 cm³/mol. The van der Waals surface area contributed by atoms with Crippen molar-refractivity contribution in [2.45, 2.75) is 51.6 Å². The Morgan fingerprint density at radius 1 is 1.21 bits per heavy atom. The molecule has 4 heteroatoms. The fraction of sp³-hybridized carbons (Fsp3) is 0.550. The zero-order chi connectivity index (χ0) is 16.6. The lowest BCUT2D eigenvalue weighted by molar-refractivity contribution is 0.162. The van der Waals surface area contributed by atoms with Crippen LogP contribution in [0.5, 0.6) is 0 Å². The van der Waals surface area contributed by atoms with E-state index in [-0.39, 0.29) is 0 Å². The highest BCUT2D eigenvalue weighted by atomic mass is 15.3. The molecule has 1 spiro atoms. The third-order valence-electron chi connectivity index (χ3n) is 5.96. The Labute approximate surface area is 144 Å². The normalized spacial score (nSPS) is 19.4. The second kappa shape index (κ2) is 6.25. The molecule has 1 fully saturated rings. The summed E-state index contributed by atoms with van der Waals surface area (Å²) in [7, 11) is 0. The summed E-state index contributed by atoms with van der Waals surface area (Å²) < 4.78 is 2.15. The van der Waals surface area contributed by atoms with Gasteiger partial charge >= 0.3 is 0 Å². The topological polar surface area (TPSA) is 33.1 Å². The van der Waals surface area contributed by atoms with Crippen LogP contribution in [-0.2, 0) is 18.5 Å². The van der Waals surface area contributed by atoms with Gasteiger partial charge in [0.05, 0.1) is 6.20 Å².